The van der Waals surface area contributed by atoms with E-state index in [1.807, 2.05) is 0 Å². The third-order valence-electron chi connectivity index (χ3n) is 3.71. The number of halogens is 1. The van der Waals surface area contributed by atoms with Crippen molar-refractivity contribution >= 4 is 12.4 Å². The summed E-state index contributed by atoms with van der Waals surface area (Å²) in [6.07, 6.45) is 3.99. The molecule has 0 aromatic heterocycles. The zero-order valence-corrected chi connectivity index (χ0v) is 9.07. The van der Waals surface area contributed by atoms with Gasteiger partial charge in [0.1, 0.15) is 0 Å². The average molecular weight is 210 g/mol. The number of rotatable bonds is 0. The summed E-state index contributed by atoms with van der Waals surface area (Å²) in [6.45, 7) is 2.40. The van der Waals surface area contributed by atoms with Crippen molar-refractivity contribution in [3.63, 3.8) is 0 Å². The Hall–Kier alpha value is -0.530. The Bertz CT molecular complexity index is 329. The van der Waals surface area contributed by atoms with Crippen LogP contribution in [0, 0.1) is 0 Å². The number of aryl methyl sites for hydroxylation is 1. The van der Waals surface area contributed by atoms with Gasteiger partial charge >= 0.3 is 0 Å². The second kappa shape index (κ2) is 3.56. The number of nitrogens with one attached hydrogen (secondary N) is 1. The molecule has 1 unspecified atom stereocenters. The van der Waals surface area contributed by atoms with Crippen molar-refractivity contribution < 1.29 is 0 Å². The lowest BCUT2D eigenvalue weighted by molar-refractivity contribution is 0.468. The van der Waals surface area contributed by atoms with Gasteiger partial charge in [-0.1, -0.05) is 24.3 Å². The summed E-state index contributed by atoms with van der Waals surface area (Å²) < 4.78 is 0. The Labute approximate surface area is 91.3 Å². The van der Waals surface area contributed by atoms with E-state index in [-0.39, 0.29) is 12.4 Å². The summed E-state index contributed by atoms with van der Waals surface area (Å²) in [5.74, 6) is 0. The molecule has 2 heteroatoms. The molecule has 1 aromatic rings. The van der Waals surface area contributed by atoms with Gasteiger partial charge in [-0.05, 0) is 36.9 Å². The minimum Gasteiger partial charge on any atom is -0.316 e. The van der Waals surface area contributed by atoms with Crippen molar-refractivity contribution in [1.82, 2.24) is 5.32 Å². The normalized spacial score (nSPS) is 28.9. The fourth-order valence-corrected chi connectivity index (χ4v) is 2.95. The molecule has 0 bridgehead atoms. The summed E-state index contributed by atoms with van der Waals surface area (Å²) in [7, 11) is 0. The van der Waals surface area contributed by atoms with Gasteiger partial charge < -0.3 is 5.32 Å². The lowest BCUT2D eigenvalue weighted by atomic mass is 9.81. The van der Waals surface area contributed by atoms with Gasteiger partial charge in [0.25, 0.3) is 0 Å². The second-order valence-corrected chi connectivity index (χ2v) is 4.36. The summed E-state index contributed by atoms with van der Waals surface area (Å²) in [4.78, 5) is 0. The highest BCUT2D eigenvalue weighted by atomic mass is 35.5. The summed E-state index contributed by atoms with van der Waals surface area (Å²) in [6, 6.07) is 8.97. The van der Waals surface area contributed by atoms with E-state index >= 15 is 0 Å². The first-order valence-corrected chi connectivity index (χ1v) is 5.20. The Kier molecular flexibility index (Phi) is 2.54. The van der Waals surface area contributed by atoms with Gasteiger partial charge in [0.2, 0.25) is 0 Å². The van der Waals surface area contributed by atoms with Crippen molar-refractivity contribution in [2.75, 3.05) is 13.1 Å². The average Bonchev–Trinajstić information content (AvgIpc) is 2.78. The van der Waals surface area contributed by atoms with Gasteiger partial charge in [-0.25, -0.2) is 0 Å². The molecule has 1 heterocycles. The predicted molar refractivity (Wildman–Crippen MR) is 61.2 cm³/mol. The minimum absolute atomic E-state index is 0. The van der Waals surface area contributed by atoms with Crippen LogP contribution < -0.4 is 5.32 Å². The van der Waals surface area contributed by atoms with Crippen molar-refractivity contribution in [3.05, 3.63) is 35.4 Å². The van der Waals surface area contributed by atoms with Gasteiger partial charge in [-0.15, -0.1) is 12.4 Å². The van der Waals surface area contributed by atoms with Crippen LogP contribution in [0.2, 0.25) is 0 Å². The molecule has 1 aliphatic heterocycles. The number of benzene rings is 1. The Balaban J connectivity index is 0.000000750. The van der Waals surface area contributed by atoms with Crippen LogP contribution >= 0.6 is 12.4 Å². The first-order chi connectivity index (χ1) is 6.41. The van der Waals surface area contributed by atoms with Crippen LogP contribution in [0.15, 0.2) is 24.3 Å². The van der Waals surface area contributed by atoms with Crippen LogP contribution in [-0.4, -0.2) is 13.1 Å². The fraction of sp³-hybridized carbons (Fsp3) is 0.500. The van der Waals surface area contributed by atoms with Crippen molar-refractivity contribution in [2.45, 2.75) is 24.7 Å². The molecule has 1 spiro atoms. The van der Waals surface area contributed by atoms with Gasteiger partial charge in [0.05, 0.1) is 0 Å². The van der Waals surface area contributed by atoms with Crippen LogP contribution in [0.1, 0.15) is 24.0 Å². The molecule has 0 saturated carbocycles. The first kappa shape index (κ1) is 10.0. The molecule has 1 N–H and O–H groups in total. The third kappa shape index (κ3) is 1.27. The van der Waals surface area contributed by atoms with Gasteiger partial charge in [0.15, 0.2) is 0 Å². The summed E-state index contributed by atoms with van der Waals surface area (Å²) >= 11 is 0. The fourth-order valence-electron chi connectivity index (χ4n) is 2.95. The number of hydrogen-bond acceptors (Lipinski definition) is 1. The molecular formula is C12H16ClN. The Morgan fingerprint density at radius 1 is 1.14 bits per heavy atom. The lowest BCUT2D eigenvalue weighted by Gasteiger charge is -2.23. The van der Waals surface area contributed by atoms with Gasteiger partial charge in [-0.3, -0.25) is 0 Å². The largest absolute Gasteiger partial charge is 0.316 e. The zero-order chi connectivity index (χ0) is 8.73. The molecule has 1 atom stereocenters. The van der Waals surface area contributed by atoms with Crippen LogP contribution in [0.5, 0.6) is 0 Å². The smallest absolute Gasteiger partial charge is 0.00957 e. The highest BCUT2D eigenvalue weighted by molar-refractivity contribution is 5.85. The van der Waals surface area contributed by atoms with Crippen molar-refractivity contribution in [1.29, 1.82) is 0 Å². The maximum atomic E-state index is 3.50. The molecule has 1 aliphatic carbocycles. The second-order valence-electron chi connectivity index (χ2n) is 4.36. The van der Waals surface area contributed by atoms with Crippen LogP contribution in [0.3, 0.4) is 0 Å². The Morgan fingerprint density at radius 2 is 2.00 bits per heavy atom. The summed E-state index contributed by atoms with van der Waals surface area (Å²) in [5, 5.41) is 3.50. The van der Waals surface area contributed by atoms with Gasteiger partial charge in [-0.2, -0.15) is 0 Å². The van der Waals surface area contributed by atoms with Crippen LogP contribution in [0.25, 0.3) is 0 Å². The molecule has 1 aromatic carbocycles. The van der Waals surface area contributed by atoms with Crippen molar-refractivity contribution in [3.8, 4) is 0 Å². The standard InChI is InChI=1S/C12H15N.ClH/c1-2-4-11-10(3-1)5-6-12(11)7-8-13-9-12;/h1-4,13H,5-9H2;1H. The summed E-state index contributed by atoms with van der Waals surface area (Å²) in [5.41, 5.74) is 3.72. The highest BCUT2D eigenvalue weighted by Gasteiger charge is 2.40. The molecule has 2 aliphatic rings. The molecule has 0 radical (unpaired) electrons. The highest BCUT2D eigenvalue weighted by Crippen LogP contribution is 2.42. The van der Waals surface area contributed by atoms with E-state index in [2.05, 4.69) is 29.6 Å². The third-order valence-corrected chi connectivity index (χ3v) is 3.71. The van der Waals surface area contributed by atoms with Gasteiger partial charge in [0, 0.05) is 12.0 Å². The van der Waals surface area contributed by atoms with Crippen molar-refractivity contribution in [2.24, 2.45) is 0 Å². The quantitative estimate of drug-likeness (QED) is 0.692. The SMILES string of the molecule is Cl.c1ccc2c(c1)CCC21CCNC1. The first-order valence-electron chi connectivity index (χ1n) is 5.20. The van der Waals surface area contributed by atoms with E-state index in [4.69, 9.17) is 0 Å². The maximum Gasteiger partial charge on any atom is 0.00957 e. The molecular weight excluding hydrogens is 194 g/mol. The molecule has 76 valence electrons. The molecule has 1 saturated heterocycles. The predicted octanol–water partition coefficient (Wildman–Crippen LogP) is 2.29. The zero-order valence-electron chi connectivity index (χ0n) is 8.25. The van der Waals surface area contributed by atoms with E-state index in [0.717, 1.165) is 0 Å². The van der Waals surface area contributed by atoms with Crippen LogP contribution in [0.4, 0.5) is 0 Å². The minimum atomic E-state index is 0. The van der Waals surface area contributed by atoms with E-state index in [9.17, 15) is 0 Å². The Morgan fingerprint density at radius 3 is 2.79 bits per heavy atom. The molecule has 1 nitrogen and oxygen atoms in total. The number of fused-ring (bicyclic) bond motifs is 2. The molecule has 14 heavy (non-hydrogen) atoms. The van der Waals surface area contributed by atoms with E-state index in [1.54, 1.807) is 11.1 Å². The van der Waals surface area contributed by atoms with E-state index in [0.29, 0.717) is 5.41 Å². The van der Waals surface area contributed by atoms with E-state index in [1.165, 1.54) is 32.4 Å². The topological polar surface area (TPSA) is 12.0 Å². The maximum absolute atomic E-state index is 3.50. The molecule has 0 amide bonds. The van der Waals surface area contributed by atoms with Crippen LogP contribution in [-0.2, 0) is 11.8 Å². The van der Waals surface area contributed by atoms with E-state index < -0.39 is 0 Å². The number of hydrogen-bond donors (Lipinski definition) is 1. The lowest BCUT2D eigenvalue weighted by Crippen LogP contribution is -2.25. The molecule has 3 rings (SSSR count). The molecule has 1 fully saturated rings. The monoisotopic (exact) mass is 209 g/mol.